The van der Waals surface area contributed by atoms with Gasteiger partial charge in [-0.2, -0.15) is 4.80 Å². The SMILES string of the molecule is Cc1cc(C#CCCO)cc(C(=O)Nc2nnn(C)n2)c1. The number of hydrogen-bond acceptors (Lipinski definition) is 5. The number of aliphatic hydroxyl groups excluding tert-OH is 1. The molecule has 0 saturated heterocycles. The van der Waals surface area contributed by atoms with E-state index in [1.165, 1.54) is 4.80 Å². The molecular weight excluding hydrogens is 270 g/mol. The van der Waals surface area contributed by atoms with E-state index in [2.05, 4.69) is 32.6 Å². The highest BCUT2D eigenvalue weighted by Gasteiger charge is 2.10. The van der Waals surface area contributed by atoms with Gasteiger partial charge in [-0.3, -0.25) is 10.1 Å². The van der Waals surface area contributed by atoms with Crippen LogP contribution in [-0.4, -0.2) is 37.8 Å². The second-order valence-electron chi connectivity index (χ2n) is 4.42. The minimum absolute atomic E-state index is 0.0184. The molecule has 1 heterocycles. The fourth-order valence-electron chi connectivity index (χ4n) is 1.71. The molecule has 2 aromatic rings. The van der Waals surface area contributed by atoms with Gasteiger partial charge in [0, 0.05) is 17.5 Å². The van der Waals surface area contributed by atoms with E-state index in [4.69, 9.17) is 5.11 Å². The second kappa shape index (κ2) is 6.63. The summed E-state index contributed by atoms with van der Waals surface area (Å²) >= 11 is 0. The second-order valence-corrected chi connectivity index (χ2v) is 4.42. The maximum Gasteiger partial charge on any atom is 0.270 e. The average Bonchev–Trinajstić information content (AvgIpc) is 2.84. The van der Waals surface area contributed by atoms with Gasteiger partial charge in [0.05, 0.1) is 13.7 Å². The molecule has 1 aromatic carbocycles. The molecule has 7 heteroatoms. The summed E-state index contributed by atoms with van der Waals surface area (Å²) in [5.41, 5.74) is 2.11. The van der Waals surface area contributed by atoms with Crippen molar-refractivity contribution in [1.82, 2.24) is 20.2 Å². The number of aliphatic hydroxyl groups is 1. The topological polar surface area (TPSA) is 92.9 Å². The number of amides is 1. The van der Waals surface area contributed by atoms with Gasteiger partial charge in [-0.05, 0) is 35.9 Å². The number of nitrogens with zero attached hydrogens (tertiary/aromatic N) is 4. The van der Waals surface area contributed by atoms with Crippen LogP contribution < -0.4 is 5.32 Å². The number of hydrogen-bond donors (Lipinski definition) is 2. The Morgan fingerprint density at radius 3 is 2.90 bits per heavy atom. The van der Waals surface area contributed by atoms with E-state index in [0.29, 0.717) is 12.0 Å². The zero-order valence-corrected chi connectivity index (χ0v) is 11.8. The van der Waals surface area contributed by atoms with Crippen molar-refractivity contribution >= 4 is 11.9 Å². The first kappa shape index (κ1) is 14.7. The number of aromatic nitrogens is 4. The average molecular weight is 285 g/mol. The zero-order chi connectivity index (χ0) is 15.2. The van der Waals surface area contributed by atoms with Crippen molar-refractivity contribution in [3.63, 3.8) is 0 Å². The highest BCUT2D eigenvalue weighted by atomic mass is 16.2. The lowest BCUT2D eigenvalue weighted by Crippen LogP contribution is -2.13. The number of tetrazole rings is 1. The molecule has 0 spiro atoms. The molecule has 21 heavy (non-hydrogen) atoms. The van der Waals surface area contributed by atoms with E-state index in [9.17, 15) is 4.79 Å². The third kappa shape index (κ3) is 4.12. The largest absolute Gasteiger partial charge is 0.395 e. The van der Waals surface area contributed by atoms with Gasteiger partial charge in [-0.25, -0.2) is 0 Å². The molecule has 1 aromatic heterocycles. The summed E-state index contributed by atoms with van der Waals surface area (Å²) in [5, 5.41) is 22.5. The Morgan fingerprint density at radius 1 is 1.43 bits per heavy atom. The summed E-state index contributed by atoms with van der Waals surface area (Å²) in [7, 11) is 1.62. The Hall–Kier alpha value is -2.72. The number of aryl methyl sites for hydroxylation is 2. The number of anilines is 1. The Balaban J connectivity index is 2.19. The lowest BCUT2D eigenvalue weighted by atomic mass is 10.1. The van der Waals surface area contributed by atoms with Crippen LogP contribution in [0.15, 0.2) is 18.2 Å². The van der Waals surface area contributed by atoms with Crippen molar-refractivity contribution in [2.45, 2.75) is 13.3 Å². The van der Waals surface area contributed by atoms with Crippen LogP contribution in [0.4, 0.5) is 5.95 Å². The predicted molar refractivity (Wildman–Crippen MR) is 76.5 cm³/mol. The number of benzene rings is 1. The van der Waals surface area contributed by atoms with Crippen molar-refractivity contribution in [2.75, 3.05) is 11.9 Å². The van der Waals surface area contributed by atoms with Gasteiger partial charge in [-0.1, -0.05) is 16.9 Å². The summed E-state index contributed by atoms with van der Waals surface area (Å²) in [6.45, 7) is 1.90. The molecule has 2 N–H and O–H groups in total. The molecule has 1 amide bonds. The Morgan fingerprint density at radius 2 is 2.24 bits per heavy atom. The maximum absolute atomic E-state index is 12.1. The molecule has 0 radical (unpaired) electrons. The molecule has 2 rings (SSSR count). The standard InChI is InChI=1S/C14H15N5O2/c1-10-7-11(5-3-4-6-20)9-12(8-10)13(21)15-14-16-18-19(2)17-14/h7-9,20H,4,6H2,1-2H3,(H,15,17,21). The summed E-state index contributed by atoms with van der Waals surface area (Å²) in [6.07, 6.45) is 0.402. The van der Waals surface area contributed by atoms with E-state index in [1.807, 2.05) is 13.0 Å². The molecular formula is C14H15N5O2. The van der Waals surface area contributed by atoms with Crippen LogP contribution in [0.25, 0.3) is 0 Å². The maximum atomic E-state index is 12.1. The first-order valence-electron chi connectivity index (χ1n) is 6.35. The highest BCUT2D eigenvalue weighted by Crippen LogP contribution is 2.10. The molecule has 0 saturated carbocycles. The van der Waals surface area contributed by atoms with Crippen molar-refractivity contribution in [2.24, 2.45) is 7.05 Å². The monoisotopic (exact) mass is 285 g/mol. The lowest BCUT2D eigenvalue weighted by Gasteiger charge is -2.03. The number of carbonyl (C=O) groups is 1. The lowest BCUT2D eigenvalue weighted by molar-refractivity contribution is 0.102. The molecule has 0 unspecified atom stereocenters. The van der Waals surface area contributed by atoms with Gasteiger partial charge >= 0.3 is 0 Å². The van der Waals surface area contributed by atoms with Gasteiger partial charge in [-0.15, -0.1) is 5.10 Å². The minimum Gasteiger partial charge on any atom is -0.395 e. The predicted octanol–water partition coefficient (Wildman–Crippen LogP) is 0.505. The molecule has 0 aliphatic heterocycles. The molecule has 7 nitrogen and oxygen atoms in total. The van der Waals surface area contributed by atoms with E-state index >= 15 is 0 Å². The van der Waals surface area contributed by atoms with Crippen molar-refractivity contribution in [1.29, 1.82) is 0 Å². The Kier molecular flexibility index (Phi) is 4.64. The summed E-state index contributed by atoms with van der Waals surface area (Å²) in [4.78, 5) is 13.4. The Labute approximate surface area is 122 Å². The third-order valence-electron chi connectivity index (χ3n) is 2.54. The quantitative estimate of drug-likeness (QED) is 0.801. The molecule has 0 bridgehead atoms. The number of nitrogens with one attached hydrogen (secondary N) is 1. The van der Waals surface area contributed by atoms with Crippen LogP contribution in [0.1, 0.15) is 27.9 Å². The van der Waals surface area contributed by atoms with Crippen molar-refractivity contribution in [3.05, 3.63) is 34.9 Å². The third-order valence-corrected chi connectivity index (χ3v) is 2.54. The zero-order valence-electron chi connectivity index (χ0n) is 11.8. The summed E-state index contributed by atoms with van der Waals surface area (Å²) < 4.78 is 0. The normalized spacial score (nSPS) is 9.86. The van der Waals surface area contributed by atoms with E-state index in [0.717, 1.165) is 11.1 Å². The van der Waals surface area contributed by atoms with Crippen molar-refractivity contribution < 1.29 is 9.90 Å². The van der Waals surface area contributed by atoms with Crippen LogP contribution in [0.3, 0.4) is 0 Å². The van der Waals surface area contributed by atoms with Gasteiger partial charge in [0.15, 0.2) is 0 Å². The summed E-state index contributed by atoms with van der Waals surface area (Å²) in [5.74, 6) is 5.57. The van der Waals surface area contributed by atoms with Gasteiger partial charge < -0.3 is 5.11 Å². The van der Waals surface area contributed by atoms with Crippen LogP contribution in [0.2, 0.25) is 0 Å². The van der Waals surface area contributed by atoms with Gasteiger partial charge in [0.2, 0.25) is 0 Å². The summed E-state index contributed by atoms with van der Waals surface area (Å²) in [6, 6.07) is 5.31. The fourth-order valence-corrected chi connectivity index (χ4v) is 1.71. The Bertz CT molecular complexity index is 712. The molecule has 0 fully saturated rings. The van der Waals surface area contributed by atoms with Crippen LogP contribution >= 0.6 is 0 Å². The van der Waals surface area contributed by atoms with E-state index < -0.39 is 0 Å². The minimum atomic E-state index is -0.322. The first-order valence-corrected chi connectivity index (χ1v) is 6.35. The molecule has 0 aliphatic carbocycles. The van der Waals surface area contributed by atoms with E-state index in [-0.39, 0.29) is 18.5 Å². The first-order chi connectivity index (χ1) is 10.1. The molecule has 0 aliphatic rings. The van der Waals surface area contributed by atoms with Crippen molar-refractivity contribution in [3.8, 4) is 11.8 Å². The fraction of sp³-hybridized carbons (Fsp3) is 0.286. The van der Waals surface area contributed by atoms with Crippen LogP contribution in [0, 0.1) is 18.8 Å². The highest BCUT2D eigenvalue weighted by molar-refractivity contribution is 6.03. The van der Waals surface area contributed by atoms with Gasteiger partial charge in [0.1, 0.15) is 0 Å². The van der Waals surface area contributed by atoms with Gasteiger partial charge in [0.25, 0.3) is 11.9 Å². The number of rotatable bonds is 3. The van der Waals surface area contributed by atoms with E-state index in [1.54, 1.807) is 19.2 Å². The van der Waals surface area contributed by atoms with Crippen LogP contribution in [0.5, 0.6) is 0 Å². The smallest absolute Gasteiger partial charge is 0.270 e. The molecule has 108 valence electrons. The van der Waals surface area contributed by atoms with Crippen LogP contribution in [-0.2, 0) is 7.05 Å². The molecule has 0 atom stereocenters. The number of carbonyl (C=O) groups excluding carboxylic acids is 1.